The van der Waals surface area contributed by atoms with Gasteiger partial charge in [-0.3, -0.25) is 9.71 Å². The summed E-state index contributed by atoms with van der Waals surface area (Å²) in [5.41, 5.74) is 1.06. The normalized spacial score (nSPS) is 14.0. The summed E-state index contributed by atoms with van der Waals surface area (Å²) in [7, 11) is -4.09. The molecule has 0 radical (unpaired) electrons. The molecule has 4 aromatic rings. The lowest BCUT2D eigenvalue weighted by Crippen LogP contribution is -2.33. The highest BCUT2D eigenvalue weighted by Crippen LogP contribution is 2.37. The lowest BCUT2D eigenvalue weighted by Gasteiger charge is -2.26. The number of pyridine rings is 1. The van der Waals surface area contributed by atoms with Crippen molar-refractivity contribution in [2.24, 2.45) is 5.92 Å². The smallest absolute Gasteiger partial charge is 0.301 e. The van der Waals surface area contributed by atoms with Crippen LogP contribution >= 0.6 is 0 Å². The molecule has 43 heavy (non-hydrogen) atoms. The molecule has 0 bridgehead atoms. The minimum atomic E-state index is -4.09. The van der Waals surface area contributed by atoms with Crippen LogP contribution < -0.4 is 9.62 Å². The number of benzene rings is 2. The molecule has 0 saturated carbocycles. The molecule has 2 aromatic heterocycles. The van der Waals surface area contributed by atoms with Gasteiger partial charge in [-0.1, -0.05) is 20.8 Å². The van der Waals surface area contributed by atoms with E-state index in [9.17, 15) is 12.8 Å². The summed E-state index contributed by atoms with van der Waals surface area (Å²) >= 11 is 0. The summed E-state index contributed by atoms with van der Waals surface area (Å²) in [6.45, 7) is 8.43. The molecule has 1 N–H and O–H groups in total. The summed E-state index contributed by atoms with van der Waals surface area (Å²) in [4.78, 5) is 6.15. The highest BCUT2D eigenvalue weighted by molar-refractivity contribution is 7.90. The minimum absolute atomic E-state index is 0.123. The van der Waals surface area contributed by atoms with Crippen LogP contribution in [0, 0.1) is 23.4 Å². The molecule has 0 unspecified atom stereocenters. The quantitative estimate of drug-likeness (QED) is 0.205. The Morgan fingerprint density at radius 3 is 2.37 bits per heavy atom. The molecule has 2 aromatic carbocycles. The van der Waals surface area contributed by atoms with E-state index in [1.54, 1.807) is 18.2 Å². The Morgan fingerprint density at radius 1 is 1.00 bits per heavy atom. The van der Waals surface area contributed by atoms with E-state index in [0.717, 1.165) is 37.3 Å². The number of anilines is 2. The van der Waals surface area contributed by atoms with Crippen molar-refractivity contribution in [2.45, 2.75) is 40.0 Å². The van der Waals surface area contributed by atoms with Gasteiger partial charge in [-0.2, -0.15) is 17.8 Å². The molecular weight excluding hydrogens is 577 g/mol. The highest BCUT2D eigenvalue weighted by Gasteiger charge is 2.28. The molecule has 3 heterocycles. The van der Waals surface area contributed by atoms with Gasteiger partial charge in [0.2, 0.25) is 0 Å². The zero-order chi connectivity index (χ0) is 30.7. The van der Waals surface area contributed by atoms with Crippen molar-refractivity contribution in [1.82, 2.24) is 19.1 Å². The molecule has 12 heteroatoms. The first-order valence-electron chi connectivity index (χ1n) is 14.4. The maximum atomic E-state index is 16.0. The molecule has 1 aliphatic heterocycles. The molecule has 0 amide bonds. The molecule has 1 aliphatic rings. The second-order valence-electron chi connectivity index (χ2n) is 11.1. The van der Waals surface area contributed by atoms with Crippen LogP contribution in [0.2, 0.25) is 0 Å². The van der Waals surface area contributed by atoms with Crippen molar-refractivity contribution < 1.29 is 21.6 Å². The molecule has 5 rings (SSSR count). The van der Waals surface area contributed by atoms with Gasteiger partial charge in [0.05, 0.1) is 5.69 Å². The van der Waals surface area contributed by atoms with Gasteiger partial charge in [0.25, 0.3) is 0 Å². The molecule has 0 aliphatic carbocycles. The fourth-order valence-corrected chi connectivity index (χ4v) is 6.62. The molecule has 1 saturated heterocycles. The van der Waals surface area contributed by atoms with E-state index >= 15 is 8.78 Å². The van der Waals surface area contributed by atoms with Crippen molar-refractivity contribution in [2.75, 3.05) is 35.8 Å². The van der Waals surface area contributed by atoms with Crippen LogP contribution in [0.5, 0.6) is 0 Å². The van der Waals surface area contributed by atoms with Crippen LogP contribution in [0.25, 0.3) is 28.1 Å². The van der Waals surface area contributed by atoms with Crippen LogP contribution in [-0.4, -0.2) is 53.7 Å². The third-order valence-corrected chi connectivity index (χ3v) is 8.78. The van der Waals surface area contributed by atoms with Gasteiger partial charge in [-0.15, -0.1) is 0 Å². The Bertz CT molecular complexity index is 1690. The number of aromatic nitrogens is 3. The summed E-state index contributed by atoms with van der Waals surface area (Å²) in [5.74, 6) is -1.97. The van der Waals surface area contributed by atoms with E-state index in [-0.39, 0.29) is 22.5 Å². The predicted octanol–water partition coefficient (Wildman–Crippen LogP) is 6.64. The van der Waals surface area contributed by atoms with Crippen molar-refractivity contribution in [3.8, 4) is 28.1 Å². The van der Waals surface area contributed by atoms with Crippen molar-refractivity contribution >= 4 is 21.6 Å². The van der Waals surface area contributed by atoms with Gasteiger partial charge in [0.1, 0.15) is 17.2 Å². The Morgan fingerprint density at radius 2 is 1.72 bits per heavy atom. The molecular formula is C31H35F3N6O2S. The Balaban J connectivity index is 1.59. The molecule has 1 fully saturated rings. The number of nitrogens with zero attached hydrogens (tertiary/aromatic N) is 5. The second kappa shape index (κ2) is 12.8. The first kappa shape index (κ1) is 30.6. The lowest BCUT2D eigenvalue weighted by atomic mass is 10.0. The minimum Gasteiger partial charge on any atom is -0.371 e. The SMILES string of the molecule is CCCN(CC(C)C)c1ccc(-n2cc(-c3cc(F)cc(NS(=O)(=O)N4CCCC4)c3F)c(-c3ccncc3)n2)c(F)c1. The van der Waals surface area contributed by atoms with E-state index in [1.807, 2.05) is 6.07 Å². The first-order valence-corrected chi connectivity index (χ1v) is 15.8. The molecule has 8 nitrogen and oxygen atoms in total. The van der Waals surface area contributed by atoms with Gasteiger partial charge >= 0.3 is 10.2 Å². The number of hydrogen-bond donors (Lipinski definition) is 1. The highest BCUT2D eigenvalue weighted by atomic mass is 32.2. The largest absolute Gasteiger partial charge is 0.371 e. The third kappa shape index (κ3) is 6.70. The predicted molar refractivity (Wildman–Crippen MR) is 163 cm³/mol. The Kier molecular flexibility index (Phi) is 9.07. The van der Waals surface area contributed by atoms with E-state index in [2.05, 4.69) is 40.5 Å². The van der Waals surface area contributed by atoms with Crippen molar-refractivity contribution in [3.63, 3.8) is 0 Å². The van der Waals surface area contributed by atoms with Crippen LogP contribution in [-0.2, 0) is 10.2 Å². The summed E-state index contributed by atoms with van der Waals surface area (Å²) < 4.78 is 77.0. The first-order chi connectivity index (χ1) is 20.6. The third-order valence-electron chi connectivity index (χ3n) is 7.26. The average Bonchev–Trinajstić information content (AvgIpc) is 3.66. The zero-order valence-corrected chi connectivity index (χ0v) is 25.2. The fraction of sp³-hybridized carbons (Fsp3) is 0.355. The maximum absolute atomic E-state index is 16.0. The van der Waals surface area contributed by atoms with E-state index in [1.165, 1.54) is 33.6 Å². The zero-order valence-electron chi connectivity index (χ0n) is 24.4. The molecule has 0 atom stereocenters. The van der Waals surface area contributed by atoms with Crippen LogP contribution in [0.15, 0.2) is 61.1 Å². The van der Waals surface area contributed by atoms with Crippen LogP contribution in [0.1, 0.15) is 40.0 Å². The van der Waals surface area contributed by atoms with Gasteiger partial charge in [0.15, 0.2) is 11.6 Å². The number of halogens is 3. The van der Waals surface area contributed by atoms with Crippen molar-refractivity contribution in [3.05, 3.63) is 78.5 Å². The summed E-state index contributed by atoms with van der Waals surface area (Å²) in [5, 5.41) is 4.58. The van der Waals surface area contributed by atoms with Crippen LogP contribution in [0.4, 0.5) is 24.5 Å². The number of hydrogen-bond acceptors (Lipinski definition) is 5. The monoisotopic (exact) mass is 612 g/mol. The molecule has 0 spiro atoms. The summed E-state index contributed by atoms with van der Waals surface area (Å²) in [6.07, 6.45) is 6.77. The van der Waals surface area contributed by atoms with E-state index in [4.69, 9.17) is 0 Å². The average molecular weight is 613 g/mol. The van der Waals surface area contributed by atoms with E-state index in [0.29, 0.717) is 37.4 Å². The van der Waals surface area contributed by atoms with Gasteiger partial charge < -0.3 is 4.90 Å². The number of rotatable bonds is 11. The van der Waals surface area contributed by atoms with Crippen LogP contribution in [0.3, 0.4) is 0 Å². The summed E-state index contributed by atoms with van der Waals surface area (Å²) in [6, 6.07) is 9.96. The van der Waals surface area contributed by atoms with Gasteiger partial charge in [-0.05, 0) is 61.6 Å². The standard InChI is InChI=1S/C31H35F3N6O2S/c1-4-13-38(19-21(2)3)24-7-8-29(27(33)18-24)40-20-26(31(36-40)22-9-11-35-12-10-22)25-16-23(32)17-28(30(25)34)37-43(41,42)39-14-5-6-15-39/h7-12,16-18,20-21,37H,4-6,13-15,19H2,1-3H3. The molecule has 228 valence electrons. The van der Waals surface area contributed by atoms with E-state index < -0.39 is 33.3 Å². The lowest BCUT2D eigenvalue weighted by molar-refractivity contribution is 0.482. The Hall–Kier alpha value is -3.90. The maximum Gasteiger partial charge on any atom is 0.301 e. The topological polar surface area (TPSA) is 83.4 Å². The van der Waals surface area contributed by atoms with Gasteiger partial charge in [0, 0.05) is 73.2 Å². The number of nitrogens with one attached hydrogen (secondary N) is 1. The van der Waals surface area contributed by atoms with Crippen molar-refractivity contribution in [1.29, 1.82) is 0 Å². The Labute approximate surface area is 250 Å². The second-order valence-corrected chi connectivity index (χ2v) is 12.7. The van der Waals surface area contributed by atoms with Gasteiger partial charge in [-0.25, -0.2) is 17.9 Å². The fourth-order valence-electron chi connectivity index (χ4n) is 5.32.